The van der Waals surface area contributed by atoms with E-state index in [1.54, 1.807) is 6.92 Å². The summed E-state index contributed by atoms with van der Waals surface area (Å²) in [5.74, 6) is -0.564. The Kier molecular flexibility index (Phi) is 4.50. The molecule has 1 saturated heterocycles. The van der Waals surface area contributed by atoms with E-state index in [-0.39, 0.29) is 28.7 Å². The third-order valence-electron chi connectivity index (χ3n) is 3.32. The molecule has 0 unspecified atom stereocenters. The number of anilines is 1. The molecule has 2 N–H and O–H groups in total. The molecule has 8 heteroatoms. The molecule has 0 bridgehead atoms. The van der Waals surface area contributed by atoms with Gasteiger partial charge in [0.05, 0.1) is 31.6 Å². The predicted octanol–water partition coefficient (Wildman–Crippen LogP) is 0.465. The first-order valence-electron chi connectivity index (χ1n) is 6.45. The topological polar surface area (TPSA) is 98.9 Å². The number of esters is 1. The summed E-state index contributed by atoms with van der Waals surface area (Å²) < 4.78 is 36.5. The maximum Gasteiger partial charge on any atom is 0.337 e. The first-order valence-corrected chi connectivity index (χ1v) is 7.89. The number of carbonyl (C=O) groups is 1. The van der Waals surface area contributed by atoms with Gasteiger partial charge >= 0.3 is 5.97 Å². The van der Waals surface area contributed by atoms with Gasteiger partial charge in [-0.25, -0.2) is 13.2 Å². The Bertz CT molecular complexity index is 644. The second-order valence-electron chi connectivity index (χ2n) is 4.78. The number of benzene rings is 1. The lowest BCUT2D eigenvalue weighted by Gasteiger charge is -2.32. The molecule has 1 aromatic rings. The first-order chi connectivity index (χ1) is 9.87. The van der Waals surface area contributed by atoms with Crippen LogP contribution in [0.4, 0.5) is 5.69 Å². The quantitative estimate of drug-likeness (QED) is 0.643. The maximum absolute atomic E-state index is 12.6. The molecule has 0 aliphatic carbocycles. The van der Waals surface area contributed by atoms with Gasteiger partial charge in [-0.3, -0.25) is 0 Å². The van der Waals surface area contributed by atoms with Crippen molar-refractivity contribution in [2.24, 2.45) is 0 Å². The average Bonchev–Trinajstić information content (AvgIpc) is 2.46. The highest BCUT2D eigenvalue weighted by molar-refractivity contribution is 7.89. The molecule has 1 aliphatic rings. The van der Waals surface area contributed by atoms with Crippen LogP contribution in [0, 0.1) is 0 Å². The molecule has 1 aliphatic heterocycles. The zero-order valence-electron chi connectivity index (χ0n) is 11.9. The van der Waals surface area contributed by atoms with Crippen molar-refractivity contribution in [3.8, 4) is 0 Å². The van der Waals surface area contributed by atoms with Crippen LogP contribution in [0.5, 0.6) is 0 Å². The fraction of sp³-hybridized carbons (Fsp3) is 0.462. The predicted molar refractivity (Wildman–Crippen MR) is 76.4 cm³/mol. The summed E-state index contributed by atoms with van der Waals surface area (Å²) in [6.45, 7) is 2.75. The van der Waals surface area contributed by atoms with Gasteiger partial charge in [0.25, 0.3) is 0 Å². The molecule has 7 nitrogen and oxygen atoms in total. The van der Waals surface area contributed by atoms with E-state index in [1.165, 1.54) is 29.6 Å². The minimum atomic E-state index is -3.71. The summed E-state index contributed by atoms with van der Waals surface area (Å²) in [5.41, 5.74) is 6.04. The van der Waals surface area contributed by atoms with Crippen LogP contribution >= 0.6 is 0 Å². The lowest BCUT2D eigenvalue weighted by Crippen LogP contribution is -2.47. The fourth-order valence-electron chi connectivity index (χ4n) is 2.22. The Hall–Kier alpha value is -1.64. The van der Waals surface area contributed by atoms with E-state index in [9.17, 15) is 13.2 Å². The van der Waals surface area contributed by atoms with Gasteiger partial charge < -0.3 is 15.2 Å². The molecular weight excluding hydrogens is 296 g/mol. The van der Waals surface area contributed by atoms with Crippen LogP contribution in [-0.4, -0.2) is 51.6 Å². The number of sulfonamides is 1. The Morgan fingerprint density at radius 3 is 2.76 bits per heavy atom. The number of hydrogen-bond donors (Lipinski definition) is 1. The van der Waals surface area contributed by atoms with Crippen molar-refractivity contribution >= 4 is 21.7 Å². The van der Waals surface area contributed by atoms with Crippen LogP contribution in [-0.2, 0) is 19.5 Å². The molecule has 1 fully saturated rings. The molecule has 0 saturated carbocycles. The lowest BCUT2D eigenvalue weighted by atomic mass is 10.2. The fourth-order valence-corrected chi connectivity index (χ4v) is 3.92. The van der Waals surface area contributed by atoms with E-state index >= 15 is 0 Å². The number of ether oxygens (including phenoxy) is 2. The Morgan fingerprint density at radius 2 is 2.19 bits per heavy atom. The van der Waals surface area contributed by atoms with Crippen molar-refractivity contribution in [1.29, 1.82) is 0 Å². The number of nitrogens with two attached hydrogens (primary N) is 1. The zero-order chi connectivity index (χ0) is 15.6. The number of nitrogens with zero attached hydrogens (tertiary/aromatic N) is 1. The molecule has 116 valence electrons. The highest BCUT2D eigenvalue weighted by atomic mass is 32.2. The minimum absolute atomic E-state index is 0.0103. The highest BCUT2D eigenvalue weighted by Gasteiger charge is 2.33. The van der Waals surface area contributed by atoms with Gasteiger partial charge in [0.1, 0.15) is 4.90 Å². The summed E-state index contributed by atoms with van der Waals surface area (Å²) in [7, 11) is -2.47. The van der Waals surface area contributed by atoms with Crippen molar-refractivity contribution in [3.05, 3.63) is 23.8 Å². The van der Waals surface area contributed by atoms with E-state index in [0.717, 1.165) is 0 Å². The van der Waals surface area contributed by atoms with Gasteiger partial charge in [0, 0.05) is 12.6 Å². The molecule has 0 aromatic heterocycles. The number of rotatable bonds is 3. The van der Waals surface area contributed by atoms with Gasteiger partial charge in [0.15, 0.2) is 0 Å². The summed E-state index contributed by atoms with van der Waals surface area (Å²) in [4.78, 5) is 11.4. The van der Waals surface area contributed by atoms with E-state index in [0.29, 0.717) is 13.2 Å². The molecular formula is C13H18N2O5S. The highest BCUT2D eigenvalue weighted by Crippen LogP contribution is 2.26. The molecule has 0 radical (unpaired) electrons. The first kappa shape index (κ1) is 15.7. The molecule has 21 heavy (non-hydrogen) atoms. The lowest BCUT2D eigenvalue weighted by molar-refractivity contribution is 0.0393. The molecule has 0 amide bonds. The molecule has 0 spiro atoms. The van der Waals surface area contributed by atoms with Crippen molar-refractivity contribution in [1.82, 2.24) is 4.31 Å². The number of morpholine rings is 1. The van der Waals surface area contributed by atoms with E-state index in [4.69, 9.17) is 10.5 Å². The van der Waals surface area contributed by atoms with Gasteiger partial charge in [-0.2, -0.15) is 4.31 Å². The van der Waals surface area contributed by atoms with Gasteiger partial charge in [-0.1, -0.05) is 0 Å². The number of methoxy groups -OCH3 is 1. The summed E-state index contributed by atoms with van der Waals surface area (Å²) in [6.07, 6.45) is 0. The second kappa shape index (κ2) is 6.00. The zero-order valence-corrected chi connectivity index (χ0v) is 12.7. The standard InChI is InChI=1S/C13H18N2O5S/c1-9-8-20-6-5-15(9)21(17,18)12-4-3-10(7-11(12)14)13(16)19-2/h3-4,7,9H,5-6,8,14H2,1-2H3/t9-/m1/s1. The third kappa shape index (κ3) is 3.02. The second-order valence-corrected chi connectivity index (χ2v) is 6.64. The summed E-state index contributed by atoms with van der Waals surface area (Å²) >= 11 is 0. The van der Waals surface area contributed by atoms with Crippen molar-refractivity contribution in [2.45, 2.75) is 17.9 Å². The molecule has 2 rings (SSSR count). The van der Waals surface area contributed by atoms with Gasteiger partial charge in [0.2, 0.25) is 10.0 Å². The van der Waals surface area contributed by atoms with Crippen molar-refractivity contribution in [3.63, 3.8) is 0 Å². The normalized spacial score (nSPS) is 20.2. The van der Waals surface area contributed by atoms with E-state index in [2.05, 4.69) is 4.74 Å². The molecule has 1 heterocycles. The Labute approximate surface area is 123 Å². The van der Waals surface area contributed by atoms with Crippen molar-refractivity contribution < 1.29 is 22.7 Å². The summed E-state index contributed by atoms with van der Waals surface area (Å²) in [6, 6.07) is 3.77. The van der Waals surface area contributed by atoms with E-state index in [1.807, 2.05) is 0 Å². The van der Waals surface area contributed by atoms with Gasteiger partial charge in [-0.05, 0) is 25.1 Å². The molecule has 1 atom stereocenters. The number of carbonyl (C=O) groups excluding carboxylic acids is 1. The Balaban J connectivity index is 2.38. The SMILES string of the molecule is COC(=O)c1ccc(S(=O)(=O)N2CCOC[C@H]2C)c(N)c1. The minimum Gasteiger partial charge on any atom is -0.465 e. The number of nitrogen functional groups attached to an aromatic ring is 1. The van der Waals surface area contributed by atoms with Crippen LogP contribution in [0.25, 0.3) is 0 Å². The molecule has 1 aromatic carbocycles. The van der Waals surface area contributed by atoms with Crippen LogP contribution in [0.15, 0.2) is 23.1 Å². The largest absolute Gasteiger partial charge is 0.465 e. The van der Waals surface area contributed by atoms with E-state index < -0.39 is 16.0 Å². The van der Waals surface area contributed by atoms with Crippen LogP contribution in [0.1, 0.15) is 17.3 Å². The maximum atomic E-state index is 12.6. The average molecular weight is 314 g/mol. The van der Waals surface area contributed by atoms with Crippen LogP contribution in [0.3, 0.4) is 0 Å². The van der Waals surface area contributed by atoms with Gasteiger partial charge in [-0.15, -0.1) is 0 Å². The van der Waals surface area contributed by atoms with Crippen LogP contribution < -0.4 is 5.73 Å². The van der Waals surface area contributed by atoms with Crippen LogP contribution in [0.2, 0.25) is 0 Å². The number of hydrogen-bond acceptors (Lipinski definition) is 6. The smallest absolute Gasteiger partial charge is 0.337 e. The third-order valence-corrected chi connectivity index (χ3v) is 5.41. The summed E-state index contributed by atoms with van der Waals surface area (Å²) in [5, 5.41) is 0. The monoisotopic (exact) mass is 314 g/mol. The Morgan fingerprint density at radius 1 is 1.48 bits per heavy atom. The van der Waals surface area contributed by atoms with Crippen molar-refractivity contribution in [2.75, 3.05) is 32.6 Å².